The van der Waals surface area contributed by atoms with Crippen LogP contribution in [0.25, 0.3) is 0 Å². The second-order valence-electron chi connectivity index (χ2n) is 5.22. The summed E-state index contributed by atoms with van der Waals surface area (Å²) in [6.07, 6.45) is 0. The number of ether oxygens (including phenoxy) is 2. The Kier molecular flexibility index (Phi) is 6.90. The molecular weight excluding hydrogens is 358 g/mol. The summed E-state index contributed by atoms with van der Waals surface area (Å²) in [6.45, 7) is 5.84. The maximum atomic E-state index is 12.3. The number of esters is 1. The summed E-state index contributed by atoms with van der Waals surface area (Å²) in [5, 5.41) is 3.39. The third kappa shape index (κ3) is 4.99. The predicted molar refractivity (Wildman–Crippen MR) is 102 cm³/mol. The van der Waals surface area contributed by atoms with Gasteiger partial charge in [-0.3, -0.25) is 4.79 Å². The third-order valence-electron chi connectivity index (χ3n) is 3.55. The van der Waals surface area contributed by atoms with Gasteiger partial charge in [-0.1, -0.05) is 0 Å². The molecule has 2 rings (SSSR count). The van der Waals surface area contributed by atoms with Crippen molar-refractivity contribution in [2.45, 2.75) is 25.7 Å². The van der Waals surface area contributed by atoms with E-state index < -0.39 is 5.97 Å². The van der Waals surface area contributed by atoms with E-state index in [1.54, 1.807) is 14.0 Å². The van der Waals surface area contributed by atoms with E-state index in [1.807, 2.05) is 38.1 Å². The van der Waals surface area contributed by atoms with Crippen molar-refractivity contribution < 1.29 is 19.1 Å². The van der Waals surface area contributed by atoms with Gasteiger partial charge in [0, 0.05) is 9.77 Å². The summed E-state index contributed by atoms with van der Waals surface area (Å²) in [4.78, 5) is 26.4. The van der Waals surface area contributed by atoms with Gasteiger partial charge in [0.15, 0.2) is 0 Å². The monoisotopic (exact) mass is 379 g/mol. The molecule has 0 saturated carbocycles. The average molecular weight is 380 g/mol. The van der Waals surface area contributed by atoms with Crippen molar-refractivity contribution in [2.75, 3.05) is 24.8 Å². The Morgan fingerprint density at radius 1 is 1.20 bits per heavy atom. The highest BCUT2D eigenvalue weighted by atomic mass is 32.2. The number of amides is 1. The summed E-state index contributed by atoms with van der Waals surface area (Å²) in [6, 6.07) is 7.51. The van der Waals surface area contributed by atoms with E-state index in [1.165, 1.54) is 23.1 Å². The van der Waals surface area contributed by atoms with E-state index in [0.29, 0.717) is 17.2 Å². The van der Waals surface area contributed by atoms with Crippen molar-refractivity contribution in [1.29, 1.82) is 0 Å². The van der Waals surface area contributed by atoms with Crippen molar-refractivity contribution in [3.05, 3.63) is 40.3 Å². The first-order chi connectivity index (χ1) is 12.0. The topological polar surface area (TPSA) is 64.6 Å². The first kappa shape index (κ1) is 19.3. The lowest BCUT2D eigenvalue weighted by Crippen LogP contribution is -2.16. The summed E-state index contributed by atoms with van der Waals surface area (Å²) in [5.74, 6) is 0.470. The highest BCUT2D eigenvalue weighted by Crippen LogP contribution is 2.33. The normalized spacial score (nSPS) is 10.4. The SMILES string of the molecule is CCOC(=O)c1c(NC(=O)CSc2ccc(OC)cc2)sc(C)c1C. The Balaban J connectivity index is 2.02. The van der Waals surface area contributed by atoms with E-state index >= 15 is 0 Å². The molecule has 0 spiro atoms. The fourth-order valence-corrected chi connectivity index (χ4v) is 3.91. The Hall–Kier alpha value is -1.99. The lowest BCUT2D eigenvalue weighted by Gasteiger charge is -2.07. The number of rotatable bonds is 7. The Labute approximate surface area is 155 Å². The Morgan fingerprint density at radius 3 is 2.48 bits per heavy atom. The lowest BCUT2D eigenvalue weighted by atomic mass is 10.1. The van der Waals surface area contributed by atoms with Crippen LogP contribution in [0.1, 0.15) is 27.7 Å². The molecule has 0 aliphatic carbocycles. The van der Waals surface area contributed by atoms with Crippen LogP contribution in [0.5, 0.6) is 5.75 Å². The van der Waals surface area contributed by atoms with E-state index in [0.717, 1.165) is 21.1 Å². The molecule has 0 unspecified atom stereocenters. The smallest absolute Gasteiger partial charge is 0.341 e. The van der Waals surface area contributed by atoms with Crippen LogP contribution < -0.4 is 10.1 Å². The van der Waals surface area contributed by atoms with Crippen LogP contribution in [0.3, 0.4) is 0 Å². The number of hydrogen-bond donors (Lipinski definition) is 1. The van der Waals surface area contributed by atoms with Crippen LogP contribution in [0.15, 0.2) is 29.2 Å². The van der Waals surface area contributed by atoms with Gasteiger partial charge in [0.1, 0.15) is 10.8 Å². The molecule has 1 aromatic heterocycles. The predicted octanol–water partition coefficient (Wildman–Crippen LogP) is 4.28. The third-order valence-corrected chi connectivity index (χ3v) is 5.68. The minimum absolute atomic E-state index is 0.160. The first-order valence-corrected chi connectivity index (χ1v) is 9.60. The van der Waals surface area contributed by atoms with Gasteiger partial charge in [-0.05, 0) is 50.6 Å². The molecule has 25 heavy (non-hydrogen) atoms. The molecule has 0 bridgehead atoms. The molecule has 0 radical (unpaired) electrons. The number of hydrogen-bond acceptors (Lipinski definition) is 6. The first-order valence-electron chi connectivity index (χ1n) is 7.80. The maximum Gasteiger partial charge on any atom is 0.341 e. The number of benzene rings is 1. The summed E-state index contributed by atoms with van der Waals surface area (Å²) in [7, 11) is 1.61. The van der Waals surface area contributed by atoms with Crippen molar-refractivity contribution in [2.24, 2.45) is 0 Å². The molecule has 0 fully saturated rings. The van der Waals surface area contributed by atoms with Gasteiger partial charge in [0.2, 0.25) is 5.91 Å². The molecule has 1 amide bonds. The molecule has 1 N–H and O–H groups in total. The number of methoxy groups -OCH3 is 1. The average Bonchev–Trinajstić information content (AvgIpc) is 2.87. The number of anilines is 1. The van der Waals surface area contributed by atoms with Crippen LogP contribution >= 0.6 is 23.1 Å². The van der Waals surface area contributed by atoms with Gasteiger partial charge >= 0.3 is 5.97 Å². The standard InChI is InChI=1S/C18H21NO4S2/c1-5-23-18(21)16-11(2)12(3)25-17(16)19-15(20)10-24-14-8-6-13(22-4)7-9-14/h6-9H,5,10H2,1-4H3,(H,19,20). The highest BCUT2D eigenvalue weighted by molar-refractivity contribution is 8.00. The summed E-state index contributed by atoms with van der Waals surface area (Å²) >= 11 is 2.81. The fourth-order valence-electron chi connectivity index (χ4n) is 2.15. The van der Waals surface area contributed by atoms with Gasteiger partial charge in [-0.15, -0.1) is 23.1 Å². The van der Waals surface area contributed by atoms with Crippen LogP contribution in [0.4, 0.5) is 5.00 Å². The van der Waals surface area contributed by atoms with Crippen molar-refractivity contribution in [3.8, 4) is 5.75 Å². The van der Waals surface area contributed by atoms with Gasteiger partial charge in [-0.25, -0.2) is 4.79 Å². The minimum Gasteiger partial charge on any atom is -0.497 e. The molecule has 1 aromatic carbocycles. The molecular formula is C18H21NO4S2. The van der Waals surface area contributed by atoms with Gasteiger partial charge in [-0.2, -0.15) is 0 Å². The highest BCUT2D eigenvalue weighted by Gasteiger charge is 2.22. The van der Waals surface area contributed by atoms with Gasteiger partial charge < -0.3 is 14.8 Å². The minimum atomic E-state index is -0.401. The van der Waals surface area contributed by atoms with Gasteiger partial charge in [0.25, 0.3) is 0 Å². The van der Waals surface area contributed by atoms with Crippen LogP contribution in [-0.2, 0) is 9.53 Å². The molecule has 0 aliphatic rings. The van der Waals surface area contributed by atoms with Crippen molar-refractivity contribution in [3.63, 3.8) is 0 Å². The number of carbonyl (C=O) groups excluding carboxylic acids is 2. The van der Waals surface area contributed by atoms with Crippen LogP contribution in [0, 0.1) is 13.8 Å². The Morgan fingerprint density at radius 2 is 1.88 bits per heavy atom. The van der Waals surface area contributed by atoms with Crippen LogP contribution in [0.2, 0.25) is 0 Å². The molecule has 7 heteroatoms. The second-order valence-corrected chi connectivity index (χ2v) is 7.49. The largest absolute Gasteiger partial charge is 0.497 e. The van der Waals surface area contributed by atoms with E-state index in [4.69, 9.17) is 9.47 Å². The zero-order chi connectivity index (χ0) is 18.4. The molecule has 0 atom stereocenters. The zero-order valence-electron chi connectivity index (χ0n) is 14.7. The molecule has 2 aromatic rings. The summed E-state index contributed by atoms with van der Waals surface area (Å²) in [5.41, 5.74) is 1.30. The zero-order valence-corrected chi connectivity index (χ0v) is 16.3. The van der Waals surface area contributed by atoms with Crippen molar-refractivity contribution >= 4 is 40.0 Å². The summed E-state index contributed by atoms with van der Waals surface area (Å²) < 4.78 is 10.2. The van der Waals surface area contributed by atoms with E-state index in [2.05, 4.69) is 5.32 Å². The molecule has 0 aliphatic heterocycles. The number of thiophene rings is 1. The quantitative estimate of drug-likeness (QED) is 0.574. The molecule has 1 heterocycles. The lowest BCUT2D eigenvalue weighted by molar-refractivity contribution is -0.113. The van der Waals surface area contributed by atoms with Gasteiger partial charge in [0.05, 0.1) is 25.0 Å². The number of thioether (sulfide) groups is 1. The molecule has 5 nitrogen and oxygen atoms in total. The fraction of sp³-hybridized carbons (Fsp3) is 0.333. The second kappa shape index (κ2) is 8.92. The molecule has 0 saturated heterocycles. The number of carbonyl (C=O) groups is 2. The number of nitrogens with one attached hydrogen (secondary N) is 1. The van der Waals surface area contributed by atoms with E-state index in [-0.39, 0.29) is 11.7 Å². The Bertz CT molecular complexity index is 753. The van der Waals surface area contributed by atoms with Crippen molar-refractivity contribution in [1.82, 2.24) is 0 Å². The van der Waals surface area contributed by atoms with E-state index in [9.17, 15) is 9.59 Å². The van der Waals surface area contributed by atoms with Crippen LogP contribution in [-0.4, -0.2) is 31.3 Å². The molecule has 134 valence electrons. The maximum absolute atomic E-state index is 12.3. The number of aryl methyl sites for hydroxylation is 1.